The third kappa shape index (κ3) is 1.90. The molecule has 1 aliphatic carbocycles. The number of nitrogens with zero attached hydrogens (tertiary/aromatic N) is 1. The van der Waals surface area contributed by atoms with Crippen molar-refractivity contribution in [1.82, 2.24) is 4.98 Å². The van der Waals surface area contributed by atoms with Crippen LogP contribution in [0.2, 0.25) is 0 Å². The lowest BCUT2D eigenvalue weighted by Gasteiger charge is -2.12. The number of ether oxygens (including phenoxy) is 1. The lowest BCUT2D eigenvalue weighted by molar-refractivity contribution is -0.117. The van der Waals surface area contributed by atoms with Crippen LogP contribution in [0, 0.1) is 5.92 Å². The summed E-state index contributed by atoms with van der Waals surface area (Å²) < 4.78 is 5.31. The zero-order valence-electron chi connectivity index (χ0n) is 10.1. The second-order valence-electron chi connectivity index (χ2n) is 4.48. The molecule has 1 N–H and O–H groups in total. The monoisotopic (exact) mass is 242 g/mol. The molecule has 0 unspecified atom stereocenters. The summed E-state index contributed by atoms with van der Waals surface area (Å²) in [5, 5.41) is 3.87. The molecule has 1 amide bonds. The molecule has 92 valence electrons. The Morgan fingerprint density at radius 2 is 2.22 bits per heavy atom. The highest BCUT2D eigenvalue weighted by atomic mass is 16.5. The van der Waals surface area contributed by atoms with Gasteiger partial charge in [-0.1, -0.05) is 0 Å². The van der Waals surface area contributed by atoms with E-state index >= 15 is 0 Å². The predicted octanol–water partition coefficient (Wildman–Crippen LogP) is 2.59. The normalized spacial score (nSPS) is 14.5. The number of pyridine rings is 1. The van der Waals surface area contributed by atoms with Crippen LogP contribution in [0.25, 0.3) is 10.9 Å². The quantitative estimate of drug-likeness (QED) is 0.900. The first kappa shape index (κ1) is 11.0. The zero-order chi connectivity index (χ0) is 12.5. The molecule has 1 aliphatic rings. The van der Waals surface area contributed by atoms with E-state index in [1.54, 1.807) is 13.3 Å². The molecule has 0 radical (unpaired) electrons. The topological polar surface area (TPSA) is 51.2 Å². The van der Waals surface area contributed by atoms with E-state index in [1.807, 2.05) is 24.3 Å². The van der Waals surface area contributed by atoms with E-state index < -0.39 is 0 Å². The van der Waals surface area contributed by atoms with Gasteiger partial charge in [-0.25, -0.2) is 0 Å². The van der Waals surface area contributed by atoms with Gasteiger partial charge >= 0.3 is 0 Å². The number of methoxy groups -OCH3 is 1. The minimum absolute atomic E-state index is 0.0738. The minimum Gasteiger partial charge on any atom is -0.495 e. The molecule has 4 heteroatoms. The maximum absolute atomic E-state index is 11.9. The Hall–Kier alpha value is -2.10. The van der Waals surface area contributed by atoms with Crippen LogP contribution in [0.5, 0.6) is 5.75 Å². The Morgan fingerprint density at radius 3 is 2.94 bits per heavy atom. The molecule has 1 fully saturated rings. The predicted molar refractivity (Wildman–Crippen MR) is 69.6 cm³/mol. The van der Waals surface area contributed by atoms with Gasteiger partial charge in [0.2, 0.25) is 5.91 Å². The second kappa shape index (κ2) is 4.29. The molecule has 4 nitrogen and oxygen atoms in total. The lowest BCUT2D eigenvalue weighted by atomic mass is 10.1. The fourth-order valence-corrected chi connectivity index (χ4v) is 2.00. The fourth-order valence-electron chi connectivity index (χ4n) is 2.00. The number of fused-ring (bicyclic) bond motifs is 1. The van der Waals surface area contributed by atoms with Crippen LogP contribution < -0.4 is 10.1 Å². The summed E-state index contributed by atoms with van der Waals surface area (Å²) in [6.07, 6.45) is 3.70. The maximum Gasteiger partial charge on any atom is 0.227 e. The van der Waals surface area contributed by atoms with E-state index in [9.17, 15) is 4.79 Å². The number of rotatable bonds is 3. The number of hydrogen-bond donors (Lipinski definition) is 1. The first-order chi connectivity index (χ1) is 8.79. The number of carbonyl (C=O) groups excluding carboxylic acids is 1. The smallest absolute Gasteiger partial charge is 0.227 e. The molecule has 1 aromatic carbocycles. The van der Waals surface area contributed by atoms with Gasteiger partial charge in [0.05, 0.1) is 18.3 Å². The fraction of sp³-hybridized carbons (Fsp3) is 0.286. The summed E-state index contributed by atoms with van der Waals surface area (Å²) in [6.45, 7) is 0. The molecule has 0 spiro atoms. The summed E-state index contributed by atoms with van der Waals surface area (Å²) in [5.41, 5.74) is 1.57. The van der Waals surface area contributed by atoms with E-state index in [-0.39, 0.29) is 11.8 Å². The van der Waals surface area contributed by atoms with Crippen molar-refractivity contribution in [2.45, 2.75) is 12.8 Å². The van der Waals surface area contributed by atoms with Gasteiger partial charge in [-0.15, -0.1) is 0 Å². The average molecular weight is 242 g/mol. The Bertz CT molecular complexity index is 606. The molecular weight excluding hydrogens is 228 g/mol. The molecule has 2 aromatic rings. The first-order valence-corrected chi connectivity index (χ1v) is 6.02. The summed E-state index contributed by atoms with van der Waals surface area (Å²) in [6, 6.07) is 7.51. The van der Waals surface area contributed by atoms with E-state index in [0.29, 0.717) is 5.75 Å². The van der Waals surface area contributed by atoms with Gasteiger partial charge in [0.15, 0.2) is 0 Å². The second-order valence-corrected chi connectivity index (χ2v) is 4.48. The first-order valence-electron chi connectivity index (χ1n) is 6.02. The number of benzene rings is 1. The van der Waals surface area contributed by atoms with Crippen molar-refractivity contribution in [2.24, 2.45) is 5.92 Å². The van der Waals surface area contributed by atoms with Crippen molar-refractivity contribution in [3.63, 3.8) is 0 Å². The molecular formula is C14H14N2O2. The third-order valence-corrected chi connectivity index (χ3v) is 3.16. The van der Waals surface area contributed by atoms with Gasteiger partial charge < -0.3 is 10.1 Å². The standard InChI is InChI=1S/C14H14N2O2/c1-18-12-7-6-11-10(3-2-8-15-11)13(12)16-14(17)9-4-5-9/h2-3,6-9H,4-5H2,1H3,(H,16,17). The Labute approximate surface area is 105 Å². The van der Waals surface area contributed by atoms with E-state index in [4.69, 9.17) is 4.74 Å². The van der Waals surface area contributed by atoms with Gasteiger partial charge in [-0.05, 0) is 37.1 Å². The van der Waals surface area contributed by atoms with Crippen molar-refractivity contribution in [3.8, 4) is 5.75 Å². The Balaban J connectivity index is 2.07. The number of hydrogen-bond acceptors (Lipinski definition) is 3. The van der Waals surface area contributed by atoms with Gasteiger partial charge in [0, 0.05) is 17.5 Å². The van der Waals surface area contributed by atoms with Crippen molar-refractivity contribution >= 4 is 22.5 Å². The highest BCUT2D eigenvalue weighted by Gasteiger charge is 2.30. The zero-order valence-corrected chi connectivity index (χ0v) is 10.1. The van der Waals surface area contributed by atoms with Crippen LogP contribution in [0.15, 0.2) is 30.5 Å². The molecule has 18 heavy (non-hydrogen) atoms. The molecule has 0 atom stereocenters. The summed E-state index contributed by atoms with van der Waals surface area (Å²) in [7, 11) is 1.60. The number of nitrogens with one attached hydrogen (secondary N) is 1. The van der Waals surface area contributed by atoms with Gasteiger partial charge in [-0.3, -0.25) is 9.78 Å². The van der Waals surface area contributed by atoms with Crippen LogP contribution in [0.3, 0.4) is 0 Å². The highest BCUT2D eigenvalue weighted by molar-refractivity contribution is 6.04. The number of aromatic nitrogens is 1. The molecule has 0 aliphatic heterocycles. The van der Waals surface area contributed by atoms with Crippen molar-refractivity contribution in [3.05, 3.63) is 30.5 Å². The van der Waals surface area contributed by atoms with E-state index in [0.717, 1.165) is 29.4 Å². The Morgan fingerprint density at radius 1 is 1.39 bits per heavy atom. The number of amides is 1. The average Bonchev–Trinajstić information content (AvgIpc) is 3.23. The highest BCUT2D eigenvalue weighted by Crippen LogP contribution is 2.35. The molecule has 1 aromatic heterocycles. The summed E-state index contributed by atoms with van der Waals surface area (Å²) >= 11 is 0. The SMILES string of the molecule is COc1ccc2ncccc2c1NC(=O)C1CC1. The van der Waals surface area contributed by atoms with Crippen LogP contribution >= 0.6 is 0 Å². The van der Waals surface area contributed by atoms with Crippen LogP contribution in [0.1, 0.15) is 12.8 Å². The van der Waals surface area contributed by atoms with Crippen LogP contribution in [0.4, 0.5) is 5.69 Å². The Kier molecular flexibility index (Phi) is 2.63. The van der Waals surface area contributed by atoms with Crippen molar-refractivity contribution < 1.29 is 9.53 Å². The molecule has 3 rings (SSSR count). The van der Waals surface area contributed by atoms with Crippen LogP contribution in [-0.2, 0) is 4.79 Å². The molecule has 0 saturated heterocycles. The summed E-state index contributed by atoms with van der Waals surface area (Å²) in [4.78, 5) is 16.2. The third-order valence-electron chi connectivity index (χ3n) is 3.16. The molecule has 0 bridgehead atoms. The minimum atomic E-state index is 0.0738. The van der Waals surface area contributed by atoms with Crippen molar-refractivity contribution in [2.75, 3.05) is 12.4 Å². The van der Waals surface area contributed by atoms with E-state index in [2.05, 4.69) is 10.3 Å². The van der Waals surface area contributed by atoms with Crippen molar-refractivity contribution in [1.29, 1.82) is 0 Å². The van der Waals surface area contributed by atoms with Gasteiger partial charge in [0.25, 0.3) is 0 Å². The molecule has 1 heterocycles. The van der Waals surface area contributed by atoms with Crippen LogP contribution in [-0.4, -0.2) is 18.0 Å². The largest absolute Gasteiger partial charge is 0.495 e. The molecule has 1 saturated carbocycles. The maximum atomic E-state index is 11.9. The van der Waals surface area contributed by atoms with Gasteiger partial charge in [-0.2, -0.15) is 0 Å². The van der Waals surface area contributed by atoms with Gasteiger partial charge in [0.1, 0.15) is 5.75 Å². The summed E-state index contributed by atoms with van der Waals surface area (Å²) in [5.74, 6) is 0.913. The van der Waals surface area contributed by atoms with E-state index in [1.165, 1.54) is 0 Å². The lowest BCUT2D eigenvalue weighted by Crippen LogP contribution is -2.14. The number of carbonyl (C=O) groups is 1. The number of anilines is 1.